The molecule has 24 heavy (non-hydrogen) atoms. The lowest BCUT2D eigenvalue weighted by atomic mass is 9.92. The second kappa shape index (κ2) is 8.12. The number of ether oxygens (including phenoxy) is 2. The van der Waals surface area contributed by atoms with Crippen molar-refractivity contribution in [1.29, 1.82) is 0 Å². The number of H-pyrrole nitrogens is 1. The number of amides is 1. The fourth-order valence-electron chi connectivity index (χ4n) is 3.65. The summed E-state index contributed by atoms with van der Waals surface area (Å²) >= 11 is 0. The monoisotopic (exact) mass is 335 g/mol. The van der Waals surface area contributed by atoms with Gasteiger partial charge in [-0.15, -0.1) is 0 Å². The third-order valence-electron chi connectivity index (χ3n) is 5.06. The number of nitrogens with zero attached hydrogens (tertiary/aromatic N) is 2. The van der Waals surface area contributed by atoms with Crippen molar-refractivity contribution < 1.29 is 14.3 Å². The average molecular weight is 335 g/mol. The topological polar surface area (TPSA) is 67.5 Å². The Kier molecular flexibility index (Phi) is 5.89. The molecule has 1 aromatic heterocycles. The zero-order valence-corrected chi connectivity index (χ0v) is 14.7. The maximum absolute atomic E-state index is 13.0. The molecule has 3 heterocycles. The highest BCUT2D eigenvalue weighted by atomic mass is 16.5. The van der Waals surface area contributed by atoms with Crippen molar-refractivity contribution >= 4 is 5.91 Å². The summed E-state index contributed by atoms with van der Waals surface area (Å²) < 4.78 is 11.6. The summed E-state index contributed by atoms with van der Waals surface area (Å²) in [5.41, 5.74) is 1.19. The number of aromatic nitrogens is 2. The highest BCUT2D eigenvalue weighted by Gasteiger charge is 2.32. The van der Waals surface area contributed by atoms with E-state index in [1.165, 1.54) is 5.56 Å². The van der Waals surface area contributed by atoms with Crippen molar-refractivity contribution in [1.82, 2.24) is 15.1 Å². The van der Waals surface area contributed by atoms with Gasteiger partial charge >= 0.3 is 0 Å². The fourth-order valence-corrected chi connectivity index (χ4v) is 3.65. The van der Waals surface area contributed by atoms with Gasteiger partial charge < -0.3 is 14.4 Å². The smallest absolute Gasteiger partial charge is 0.251 e. The summed E-state index contributed by atoms with van der Waals surface area (Å²) in [6.07, 6.45) is 7.83. The first kappa shape index (κ1) is 17.4. The molecule has 0 bridgehead atoms. The van der Waals surface area contributed by atoms with Gasteiger partial charge in [-0.1, -0.05) is 13.8 Å². The second-order valence-corrected chi connectivity index (χ2v) is 7.29. The van der Waals surface area contributed by atoms with Crippen molar-refractivity contribution in [3.8, 4) is 0 Å². The van der Waals surface area contributed by atoms with Gasteiger partial charge in [0.25, 0.3) is 5.91 Å². The minimum absolute atomic E-state index is 0.121. The van der Waals surface area contributed by atoms with E-state index in [-0.39, 0.29) is 24.0 Å². The molecule has 6 nitrogen and oxygen atoms in total. The molecule has 0 spiro atoms. The molecule has 0 aromatic carbocycles. The van der Waals surface area contributed by atoms with Gasteiger partial charge in [0.05, 0.1) is 18.9 Å². The lowest BCUT2D eigenvalue weighted by Crippen LogP contribution is -2.47. The molecule has 0 radical (unpaired) electrons. The molecular weight excluding hydrogens is 306 g/mol. The van der Waals surface area contributed by atoms with Gasteiger partial charge in [0.1, 0.15) is 6.10 Å². The minimum atomic E-state index is -0.378. The molecule has 1 amide bonds. The number of carbonyl (C=O) groups is 1. The van der Waals surface area contributed by atoms with Gasteiger partial charge in [0.15, 0.2) is 0 Å². The molecule has 0 aliphatic carbocycles. The number of aromatic amines is 1. The van der Waals surface area contributed by atoms with E-state index in [1.807, 2.05) is 17.3 Å². The summed E-state index contributed by atoms with van der Waals surface area (Å²) in [7, 11) is 0. The summed E-state index contributed by atoms with van der Waals surface area (Å²) in [6.45, 7) is 7.01. The van der Waals surface area contributed by atoms with Gasteiger partial charge in [0, 0.05) is 31.8 Å². The summed E-state index contributed by atoms with van der Waals surface area (Å²) in [4.78, 5) is 15.0. The van der Waals surface area contributed by atoms with Crippen LogP contribution in [0.4, 0.5) is 0 Å². The highest BCUT2D eigenvalue weighted by Crippen LogP contribution is 2.27. The largest absolute Gasteiger partial charge is 0.376 e. The van der Waals surface area contributed by atoms with E-state index in [9.17, 15) is 4.79 Å². The van der Waals surface area contributed by atoms with Gasteiger partial charge in [-0.3, -0.25) is 9.89 Å². The molecule has 1 aromatic rings. The number of hydrogen-bond donors (Lipinski definition) is 1. The van der Waals surface area contributed by atoms with Gasteiger partial charge in [-0.05, 0) is 37.2 Å². The zero-order chi connectivity index (χ0) is 16.9. The van der Waals surface area contributed by atoms with E-state index in [0.29, 0.717) is 12.5 Å². The second-order valence-electron chi connectivity index (χ2n) is 7.29. The van der Waals surface area contributed by atoms with Crippen molar-refractivity contribution in [3.05, 3.63) is 18.0 Å². The number of rotatable bonds is 6. The van der Waals surface area contributed by atoms with Crippen LogP contribution in [0.25, 0.3) is 0 Å². The van der Waals surface area contributed by atoms with E-state index in [2.05, 4.69) is 24.0 Å². The Morgan fingerprint density at radius 3 is 3.00 bits per heavy atom. The number of hydrogen-bond acceptors (Lipinski definition) is 4. The molecule has 3 rings (SSSR count). The SMILES string of the molecule is CC(C)C(OCC1CCCO1)C(=O)N1CCCC(c2cn[nH]c2)C1. The molecular formula is C18H29N3O3. The number of likely N-dealkylation sites (tertiary alicyclic amines) is 1. The third kappa shape index (κ3) is 4.16. The molecule has 2 saturated heterocycles. The van der Waals surface area contributed by atoms with Crippen LogP contribution < -0.4 is 0 Å². The maximum atomic E-state index is 13.0. The maximum Gasteiger partial charge on any atom is 0.251 e. The van der Waals surface area contributed by atoms with Gasteiger partial charge in [0.2, 0.25) is 0 Å². The highest BCUT2D eigenvalue weighted by molar-refractivity contribution is 5.81. The van der Waals surface area contributed by atoms with E-state index < -0.39 is 0 Å². The van der Waals surface area contributed by atoms with E-state index in [1.54, 1.807) is 0 Å². The Morgan fingerprint density at radius 2 is 2.33 bits per heavy atom. The number of piperidine rings is 1. The Balaban J connectivity index is 1.58. The van der Waals surface area contributed by atoms with Crippen molar-refractivity contribution in [3.63, 3.8) is 0 Å². The molecule has 6 heteroatoms. The lowest BCUT2D eigenvalue weighted by molar-refractivity contribution is -0.150. The molecule has 3 unspecified atom stereocenters. The number of nitrogens with one attached hydrogen (secondary N) is 1. The Hall–Kier alpha value is -1.40. The standard InChI is InChI=1S/C18H29N3O3/c1-13(2)17(24-12-16-6-4-8-23-16)18(22)21-7-3-5-14(11-21)15-9-19-20-10-15/h9-10,13-14,16-17H,3-8,11-12H2,1-2H3,(H,19,20). The van der Waals surface area contributed by atoms with Crippen LogP contribution in [0.1, 0.15) is 51.0 Å². The predicted octanol–water partition coefficient (Wildman–Crippen LogP) is 2.34. The molecule has 2 fully saturated rings. The van der Waals surface area contributed by atoms with Crippen LogP contribution >= 0.6 is 0 Å². The van der Waals surface area contributed by atoms with E-state index in [0.717, 1.165) is 45.4 Å². The first-order valence-electron chi connectivity index (χ1n) is 9.16. The van der Waals surface area contributed by atoms with E-state index in [4.69, 9.17) is 9.47 Å². The quantitative estimate of drug-likeness (QED) is 0.866. The Morgan fingerprint density at radius 1 is 1.46 bits per heavy atom. The van der Waals surface area contributed by atoms with Crippen LogP contribution in [0.2, 0.25) is 0 Å². The molecule has 1 N–H and O–H groups in total. The zero-order valence-electron chi connectivity index (χ0n) is 14.7. The molecule has 2 aliphatic heterocycles. The van der Waals surface area contributed by atoms with Crippen molar-refractivity contribution in [2.75, 3.05) is 26.3 Å². The van der Waals surface area contributed by atoms with Crippen LogP contribution in [0, 0.1) is 5.92 Å². The van der Waals surface area contributed by atoms with Crippen LogP contribution in [0.5, 0.6) is 0 Å². The van der Waals surface area contributed by atoms with Crippen LogP contribution in [-0.4, -0.2) is 59.5 Å². The van der Waals surface area contributed by atoms with Crippen LogP contribution in [0.15, 0.2) is 12.4 Å². The lowest BCUT2D eigenvalue weighted by Gasteiger charge is -2.35. The average Bonchev–Trinajstić information content (AvgIpc) is 3.28. The summed E-state index contributed by atoms with van der Waals surface area (Å²) in [5.74, 6) is 0.650. The number of carbonyl (C=O) groups excluding carboxylic acids is 1. The summed E-state index contributed by atoms with van der Waals surface area (Å²) in [5, 5.41) is 6.91. The van der Waals surface area contributed by atoms with E-state index >= 15 is 0 Å². The molecule has 0 saturated carbocycles. The molecule has 3 atom stereocenters. The van der Waals surface area contributed by atoms with Crippen molar-refractivity contribution in [2.45, 2.75) is 57.7 Å². The fraction of sp³-hybridized carbons (Fsp3) is 0.778. The Labute approximate surface area is 143 Å². The predicted molar refractivity (Wildman–Crippen MR) is 90.7 cm³/mol. The Bertz CT molecular complexity index is 512. The van der Waals surface area contributed by atoms with Crippen LogP contribution in [-0.2, 0) is 14.3 Å². The first-order valence-corrected chi connectivity index (χ1v) is 9.16. The normalized spacial score (nSPS) is 26.0. The molecule has 2 aliphatic rings. The summed E-state index contributed by atoms with van der Waals surface area (Å²) in [6, 6.07) is 0. The first-order chi connectivity index (χ1) is 11.6. The van der Waals surface area contributed by atoms with Gasteiger partial charge in [-0.25, -0.2) is 0 Å². The van der Waals surface area contributed by atoms with Crippen molar-refractivity contribution in [2.24, 2.45) is 5.92 Å². The minimum Gasteiger partial charge on any atom is -0.376 e. The third-order valence-corrected chi connectivity index (χ3v) is 5.06. The van der Waals surface area contributed by atoms with Crippen LogP contribution in [0.3, 0.4) is 0 Å². The van der Waals surface area contributed by atoms with Gasteiger partial charge in [-0.2, -0.15) is 5.10 Å². The molecule has 134 valence electrons.